The third-order valence-electron chi connectivity index (χ3n) is 4.23. The zero-order valence-electron chi connectivity index (χ0n) is 12.9. The zero-order chi connectivity index (χ0) is 14.7. The Morgan fingerprint density at radius 1 is 1.14 bits per heavy atom. The molecule has 1 aliphatic rings. The van der Waals surface area contributed by atoms with Gasteiger partial charge < -0.3 is 10.2 Å². The van der Waals surface area contributed by atoms with E-state index in [2.05, 4.69) is 53.5 Å². The van der Waals surface area contributed by atoms with Crippen molar-refractivity contribution in [1.82, 2.24) is 10.3 Å². The number of hydrogen-bond donors (Lipinski definition) is 1. The average molecular weight is 281 g/mol. The lowest BCUT2D eigenvalue weighted by Gasteiger charge is -2.23. The number of nitrogens with zero attached hydrogens (tertiary/aromatic N) is 2. The van der Waals surface area contributed by atoms with E-state index in [0.717, 1.165) is 31.1 Å². The van der Waals surface area contributed by atoms with E-state index >= 15 is 0 Å². The van der Waals surface area contributed by atoms with Gasteiger partial charge in [-0.05, 0) is 49.6 Å². The van der Waals surface area contributed by atoms with Crippen LogP contribution >= 0.6 is 0 Å². The maximum atomic E-state index is 4.82. The van der Waals surface area contributed by atoms with Crippen LogP contribution in [0.15, 0.2) is 36.4 Å². The van der Waals surface area contributed by atoms with E-state index in [1.807, 2.05) is 7.05 Å². The number of benzene rings is 1. The summed E-state index contributed by atoms with van der Waals surface area (Å²) in [7, 11) is 1.97. The molecular weight excluding hydrogens is 258 g/mol. The van der Waals surface area contributed by atoms with Crippen LogP contribution in [0.4, 0.5) is 5.82 Å². The van der Waals surface area contributed by atoms with Gasteiger partial charge in [0.1, 0.15) is 5.82 Å². The predicted octanol–water partition coefficient (Wildman–Crippen LogP) is 3.06. The highest BCUT2D eigenvalue weighted by Crippen LogP contribution is 2.23. The highest BCUT2D eigenvalue weighted by Gasteiger charge is 2.15. The first kappa shape index (κ1) is 14.1. The lowest BCUT2D eigenvalue weighted by molar-refractivity contribution is 0.748. The second-order valence-corrected chi connectivity index (χ2v) is 5.74. The molecule has 1 N–H and O–H groups in total. The third kappa shape index (κ3) is 3.08. The summed E-state index contributed by atoms with van der Waals surface area (Å²) in [5.41, 5.74) is 5.33. The Bertz CT molecular complexity index is 622. The van der Waals surface area contributed by atoms with Crippen LogP contribution in [-0.2, 0) is 19.5 Å². The number of fused-ring (bicyclic) bond motifs is 1. The van der Waals surface area contributed by atoms with Gasteiger partial charge in [-0.25, -0.2) is 4.98 Å². The monoisotopic (exact) mass is 281 g/mol. The second-order valence-electron chi connectivity index (χ2n) is 5.74. The Morgan fingerprint density at radius 2 is 1.95 bits per heavy atom. The topological polar surface area (TPSA) is 28.2 Å². The van der Waals surface area contributed by atoms with Gasteiger partial charge in [0.2, 0.25) is 0 Å². The number of rotatable bonds is 3. The van der Waals surface area contributed by atoms with Gasteiger partial charge in [-0.15, -0.1) is 0 Å². The van der Waals surface area contributed by atoms with E-state index in [-0.39, 0.29) is 0 Å². The maximum absolute atomic E-state index is 4.82. The normalized spacial score (nSPS) is 14.7. The lowest BCUT2D eigenvalue weighted by atomic mass is 10.0. The highest BCUT2D eigenvalue weighted by molar-refractivity contribution is 5.44. The molecule has 0 spiro atoms. The molecule has 1 aromatic carbocycles. The summed E-state index contributed by atoms with van der Waals surface area (Å²) in [4.78, 5) is 7.22. The Balaban J connectivity index is 1.85. The molecule has 2 heterocycles. The SMILES string of the molecule is CNCc1ccc(N2CCCc3ccccc3C2)nc1C. The first-order valence-corrected chi connectivity index (χ1v) is 7.71. The van der Waals surface area contributed by atoms with Crippen LogP contribution in [0.25, 0.3) is 0 Å². The summed E-state index contributed by atoms with van der Waals surface area (Å²) in [5, 5.41) is 3.19. The Hall–Kier alpha value is -1.87. The minimum atomic E-state index is 0.877. The van der Waals surface area contributed by atoms with Crippen molar-refractivity contribution in [3.8, 4) is 0 Å². The van der Waals surface area contributed by atoms with Crippen LogP contribution in [0, 0.1) is 6.92 Å². The maximum Gasteiger partial charge on any atom is 0.129 e. The smallest absolute Gasteiger partial charge is 0.129 e. The van der Waals surface area contributed by atoms with Crippen LogP contribution in [0.1, 0.15) is 28.8 Å². The standard InChI is InChI=1S/C18H23N3/c1-14-16(12-19-2)9-10-18(20-14)21-11-5-8-15-6-3-4-7-17(15)13-21/h3-4,6-7,9-10,19H,5,8,11-13H2,1-2H3. The number of pyridine rings is 1. The van der Waals surface area contributed by atoms with Crippen molar-refractivity contribution in [2.75, 3.05) is 18.5 Å². The third-order valence-corrected chi connectivity index (χ3v) is 4.23. The number of aromatic nitrogens is 1. The lowest BCUT2D eigenvalue weighted by Crippen LogP contribution is -2.24. The number of anilines is 1. The fourth-order valence-corrected chi connectivity index (χ4v) is 3.03. The molecule has 3 rings (SSSR count). The molecule has 2 aromatic rings. The Kier molecular flexibility index (Phi) is 4.20. The van der Waals surface area contributed by atoms with Gasteiger partial charge in [-0.1, -0.05) is 30.3 Å². The fraction of sp³-hybridized carbons (Fsp3) is 0.389. The van der Waals surface area contributed by atoms with E-state index in [0.29, 0.717) is 0 Å². The van der Waals surface area contributed by atoms with Crippen LogP contribution < -0.4 is 10.2 Å². The van der Waals surface area contributed by atoms with Crippen molar-refractivity contribution in [3.05, 3.63) is 58.8 Å². The van der Waals surface area contributed by atoms with E-state index < -0.39 is 0 Å². The molecule has 0 unspecified atom stereocenters. The van der Waals surface area contributed by atoms with Crippen molar-refractivity contribution in [2.45, 2.75) is 32.9 Å². The van der Waals surface area contributed by atoms with Gasteiger partial charge in [0.25, 0.3) is 0 Å². The molecule has 3 heteroatoms. The minimum absolute atomic E-state index is 0.877. The highest BCUT2D eigenvalue weighted by atomic mass is 15.2. The van der Waals surface area contributed by atoms with Gasteiger partial charge in [-0.3, -0.25) is 0 Å². The summed E-state index contributed by atoms with van der Waals surface area (Å²) in [6.07, 6.45) is 2.36. The fourth-order valence-electron chi connectivity index (χ4n) is 3.03. The van der Waals surface area contributed by atoms with Crippen LogP contribution in [0.5, 0.6) is 0 Å². The average Bonchev–Trinajstić information content (AvgIpc) is 2.71. The Labute approximate surface area is 127 Å². The molecule has 0 saturated heterocycles. The molecule has 0 atom stereocenters. The molecule has 0 saturated carbocycles. The molecule has 1 aliphatic heterocycles. The van der Waals surface area contributed by atoms with Crippen LogP contribution in [0.2, 0.25) is 0 Å². The molecule has 3 nitrogen and oxygen atoms in total. The van der Waals surface area contributed by atoms with Gasteiger partial charge in [-0.2, -0.15) is 0 Å². The van der Waals surface area contributed by atoms with Crippen molar-refractivity contribution >= 4 is 5.82 Å². The van der Waals surface area contributed by atoms with Gasteiger partial charge in [0.05, 0.1) is 0 Å². The summed E-state index contributed by atoms with van der Waals surface area (Å²) in [6, 6.07) is 13.1. The van der Waals surface area contributed by atoms with Crippen LogP contribution in [-0.4, -0.2) is 18.6 Å². The summed E-state index contributed by atoms with van der Waals surface area (Å²) >= 11 is 0. The Morgan fingerprint density at radius 3 is 2.71 bits per heavy atom. The van der Waals surface area contributed by atoms with Gasteiger partial charge in [0, 0.05) is 25.3 Å². The molecule has 0 aliphatic carbocycles. The molecule has 21 heavy (non-hydrogen) atoms. The molecular formula is C18H23N3. The molecule has 0 radical (unpaired) electrons. The largest absolute Gasteiger partial charge is 0.352 e. The number of hydrogen-bond acceptors (Lipinski definition) is 3. The molecule has 110 valence electrons. The summed E-state index contributed by atoms with van der Waals surface area (Å²) in [6.45, 7) is 5.02. The molecule has 1 aromatic heterocycles. The van der Waals surface area contributed by atoms with E-state index in [1.165, 1.54) is 29.5 Å². The molecule has 0 bridgehead atoms. The quantitative estimate of drug-likeness (QED) is 0.937. The predicted molar refractivity (Wildman–Crippen MR) is 87.6 cm³/mol. The second kappa shape index (κ2) is 6.27. The van der Waals surface area contributed by atoms with E-state index in [1.54, 1.807) is 0 Å². The molecule has 0 fully saturated rings. The summed E-state index contributed by atoms with van der Waals surface area (Å²) < 4.78 is 0. The first-order chi connectivity index (χ1) is 10.3. The first-order valence-electron chi connectivity index (χ1n) is 7.71. The van der Waals surface area contributed by atoms with Crippen LogP contribution in [0.3, 0.4) is 0 Å². The van der Waals surface area contributed by atoms with Crippen molar-refractivity contribution < 1.29 is 0 Å². The van der Waals surface area contributed by atoms with Crippen molar-refractivity contribution in [3.63, 3.8) is 0 Å². The van der Waals surface area contributed by atoms with Crippen molar-refractivity contribution in [2.24, 2.45) is 0 Å². The number of nitrogens with one attached hydrogen (secondary N) is 1. The van der Waals surface area contributed by atoms with E-state index in [4.69, 9.17) is 4.98 Å². The summed E-state index contributed by atoms with van der Waals surface area (Å²) in [5.74, 6) is 1.10. The zero-order valence-corrected chi connectivity index (χ0v) is 12.9. The number of aryl methyl sites for hydroxylation is 2. The van der Waals surface area contributed by atoms with Gasteiger partial charge in [0.15, 0.2) is 0 Å². The van der Waals surface area contributed by atoms with Crippen molar-refractivity contribution in [1.29, 1.82) is 0 Å². The molecule has 0 amide bonds. The van der Waals surface area contributed by atoms with E-state index in [9.17, 15) is 0 Å². The van der Waals surface area contributed by atoms with Gasteiger partial charge >= 0.3 is 0 Å². The minimum Gasteiger partial charge on any atom is -0.352 e.